The van der Waals surface area contributed by atoms with E-state index in [1.165, 1.54) is 0 Å². The van der Waals surface area contributed by atoms with Crippen LogP contribution in [0.2, 0.25) is 0 Å². The number of rotatable bonds is 14. The van der Waals surface area contributed by atoms with Crippen molar-refractivity contribution in [2.75, 3.05) is 26.2 Å². The number of allylic oxidation sites excluding steroid dienone is 7. The average molecular weight is 645 g/mol. The van der Waals surface area contributed by atoms with Gasteiger partial charge >= 0.3 is 6.18 Å². The highest BCUT2D eigenvalue weighted by atomic mass is 32.1. The first-order valence-corrected chi connectivity index (χ1v) is 16.0. The van der Waals surface area contributed by atoms with Gasteiger partial charge in [-0.15, -0.1) is 0 Å². The highest BCUT2D eigenvalue weighted by molar-refractivity contribution is 7.80. The maximum absolute atomic E-state index is 13.4. The lowest BCUT2D eigenvalue weighted by atomic mass is 9.77. The Bertz CT molecular complexity index is 1260. The molecular formula is C35H47F3N4O2S. The Labute approximate surface area is 271 Å². The first-order valence-electron chi connectivity index (χ1n) is 15.6. The molecule has 0 spiro atoms. The quantitative estimate of drug-likeness (QED) is 0.117. The molecule has 45 heavy (non-hydrogen) atoms. The highest BCUT2D eigenvalue weighted by Gasteiger charge is 2.44. The van der Waals surface area contributed by atoms with E-state index < -0.39 is 24.0 Å². The molecule has 1 fully saturated rings. The number of fused-ring (bicyclic) bond motifs is 1. The number of nitrogens with zero attached hydrogens (tertiary/aromatic N) is 1. The summed E-state index contributed by atoms with van der Waals surface area (Å²) in [5.74, 6) is -0.739. The zero-order valence-corrected chi connectivity index (χ0v) is 27.4. The largest absolute Gasteiger partial charge is 0.405 e. The number of piperidine rings is 1. The minimum Gasteiger partial charge on any atom is -0.356 e. The summed E-state index contributed by atoms with van der Waals surface area (Å²) in [6.07, 6.45) is 13.4. The van der Waals surface area contributed by atoms with E-state index in [-0.39, 0.29) is 18.4 Å². The maximum atomic E-state index is 13.4. The third kappa shape index (κ3) is 12.1. The predicted molar refractivity (Wildman–Crippen MR) is 182 cm³/mol. The van der Waals surface area contributed by atoms with Gasteiger partial charge in [0.25, 0.3) is 0 Å². The summed E-state index contributed by atoms with van der Waals surface area (Å²) in [5, 5.41) is 8.09. The van der Waals surface area contributed by atoms with Crippen LogP contribution in [-0.4, -0.2) is 60.1 Å². The number of alkyl halides is 3. The fourth-order valence-corrected chi connectivity index (χ4v) is 5.72. The van der Waals surface area contributed by atoms with E-state index in [4.69, 9.17) is 12.2 Å². The van der Waals surface area contributed by atoms with E-state index in [0.29, 0.717) is 17.8 Å². The summed E-state index contributed by atoms with van der Waals surface area (Å²) in [5.41, 5.74) is 1.24. The molecule has 2 amide bonds. The average Bonchev–Trinajstić information content (AvgIpc) is 3.34. The van der Waals surface area contributed by atoms with E-state index in [0.717, 1.165) is 55.6 Å². The van der Waals surface area contributed by atoms with Crippen LogP contribution in [-0.2, 0) is 15.0 Å². The molecule has 1 aromatic carbocycles. The van der Waals surface area contributed by atoms with Crippen molar-refractivity contribution >= 4 is 34.6 Å². The fraction of sp³-hybridized carbons (Fsp3) is 0.457. The van der Waals surface area contributed by atoms with Gasteiger partial charge in [0.15, 0.2) is 0 Å². The molecule has 1 atom stereocenters. The van der Waals surface area contributed by atoms with E-state index in [9.17, 15) is 22.8 Å². The number of likely N-dealkylation sites (tertiary alicyclic amines) is 1. The number of carbonyl (C=O) groups is 2. The molecule has 1 aliphatic heterocycles. The second kappa shape index (κ2) is 19.1. The van der Waals surface area contributed by atoms with Crippen molar-refractivity contribution in [3.8, 4) is 0 Å². The van der Waals surface area contributed by atoms with Gasteiger partial charge in [0.05, 0.1) is 16.8 Å². The van der Waals surface area contributed by atoms with Crippen LogP contribution >= 0.6 is 12.2 Å². The lowest BCUT2D eigenvalue weighted by molar-refractivity contribution is -0.141. The summed E-state index contributed by atoms with van der Waals surface area (Å²) < 4.78 is 39.1. The molecule has 3 N–H and O–H groups in total. The van der Waals surface area contributed by atoms with Crippen LogP contribution in [0.5, 0.6) is 0 Å². The van der Waals surface area contributed by atoms with Crippen LogP contribution in [0.1, 0.15) is 70.4 Å². The first kappa shape index (κ1) is 37.7. The molecule has 0 saturated carbocycles. The normalized spacial score (nSPS) is 18.8. The molecule has 1 unspecified atom stereocenters. The molecule has 3 rings (SSSR count). The summed E-state index contributed by atoms with van der Waals surface area (Å²) in [6.45, 7) is 10.6. The first-order chi connectivity index (χ1) is 21.6. The van der Waals surface area contributed by atoms with Gasteiger partial charge in [-0.2, -0.15) is 13.2 Å². The van der Waals surface area contributed by atoms with E-state index >= 15 is 0 Å². The zero-order valence-electron chi connectivity index (χ0n) is 26.6. The van der Waals surface area contributed by atoms with Crippen molar-refractivity contribution in [3.63, 3.8) is 0 Å². The van der Waals surface area contributed by atoms with E-state index in [1.54, 1.807) is 18.4 Å². The van der Waals surface area contributed by atoms with E-state index in [1.807, 2.05) is 75.4 Å². The summed E-state index contributed by atoms with van der Waals surface area (Å²) in [4.78, 5) is 28.6. The molecule has 10 heteroatoms. The Morgan fingerprint density at radius 2 is 1.82 bits per heavy atom. The highest BCUT2D eigenvalue weighted by Crippen LogP contribution is 2.45. The van der Waals surface area contributed by atoms with Gasteiger partial charge in [-0.25, -0.2) is 0 Å². The maximum Gasteiger partial charge on any atom is 0.405 e. The van der Waals surface area contributed by atoms with Crippen LogP contribution < -0.4 is 16.0 Å². The Kier molecular flexibility index (Phi) is 16.0. The zero-order chi connectivity index (χ0) is 33.3. The van der Waals surface area contributed by atoms with Gasteiger partial charge < -0.3 is 20.9 Å². The number of benzene rings is 1. The van der Waals surface area contributed by atoms with Crippen LogP contribution in [0.15, 0.2) is 79.6 Å². The fourth-order valence-electron chi connectivity index (χ4n) is 5.52. The molecule has 2 aliphatic rings. The number of carbonyl (C=O) groups excluding carboxylic acids is 2. The third-order valence-corrected chi connectivity index (χ3v) is 7.86. The Hall–Kier alpha value is -3.50. The molecular weight excluding hydrogens is 597 g/mol. The van der Waals surface area contributed by atoms with Crippen molar-refractivity contribution in [2.45, 2.75) is 76.9 Å². The third-order valence-electron chi connectivity index (χ3n) is 7.60. The van der Waals surface area contributed by atoms with Crippen molar-refractivity contribution in [2.24, 2.45) is 0 Å². The van der Waals surface area contributed by atoms with Crippen LogP contribution in [0.4, 0.5) is 13.2 Å². The van der Waals surface area contributed by atoms with Gasteiger partial charge in [0.1, 0.15) is 6.54 Å². The second-order valence-electron chi connectivity index (χ2n) is 10.8. The predicted octanol–water partition coefficient (Wildman–Crippen LogP) is 6.92. The van der Waals surface area contributed by atoms with Gasteiger partial charge in [0.2, 0.25) is 11.8 Å². The molecule has 0 radical (unpaired) electrons. The summed E-state index contributed by atoms with van der Waals surface area (Å²) >= 11 is 5.19. The molecule has 6 nitrogen and oxygen atoms in total. The lowest BCUT2D eigenvalue weighted by Crippen LogP contribution is -2.46. The van der Waals surface area contributed by atoms with Gasteiger partial charge in [-0.3, -0.25) is 9.59 Å². The van der Waals surface area contributed by atoms with Crippen molar-refractivity contribution in [1.29, 1.82) is 0 Å². The number of unbranched alkanes of at least 4 members (excludes halogenated alkanes) is 1. The van der Waals surface area contributed by atoms with E-state index in [2.05, 4.69) is 27.4 Å². The van der Waals surface area contributed by atoms with Gasteiger partial charge in [-0.05, 0) is 61.9 Å². The van der Waals surface area contributed by atoms with Crippen LogP contribution in [0.3, 0.4) is 0 Å². The Morgan fingerprint density at radius 1 is 1.11 bits per heavy atom. The number of halogens is 3. The topological polar surface area (TPSA) is 73.5 Å². The lowest BCUT2D eigenvalue weighted by Gasteiger charge is -2.33. The standard InChI is InChI=1S/C33H41F3N4O2S.C2H6/c1-3-5-7-12-25-23-32(28-14-9-8-13-27(25)28,31(42)38-24-33(34,35)36)17-10-11-19-40-20-15-26(16-21-40)39-29(41)22-30(43)37-18-6-4-2;1-2/h3-9,12-14,18,23,26H,2,10-11,15-17,19-22,24H2,1H3,(H,37,43)(H,38,42)(H,39,41);1-2H3/b5-3-,12-7-,18-6-;. The molecule has 246 valence electrons. The number of nitrogens with one attached hydrogen (secondary N) is 3. The molecule has 0 aromatic heterocycles. The smallest absolute Gasteiger partial charge is 0.356 e. The van der Waals surface area contributed by atoms with Crippen molar-refractivity contribution in [1.82, 2.24) is 20.9 Å². The molecule has 1 heterocycles. The number of thiocarbonyl (C=S) groups is 1. The van der Waals surface area contributed by atoms with Crippen LogP contribution in [0.25, 0.3) is 5.57 Å². The number of amides is 2. The minimum atomic E-state index is -4.50. The second-order valence-corrected chi connectivity index (χ2v) is 11.3. The minimum absolute atomic E-state index is 0.0880. The summed E-state index contributed by atoms with van der Waals surface area (Å²) in [7, 11) is 0. The molecule has 1 aliphatic carbocycles. The van der Waals surface area contributed by atoms with Crippen molar-refractivity contribution < 1.29 is 22.8 Å². The molecule has 0 bridgehead atoms. The number of hydrogen-bond acceptors (Lipinski definition) is 4. The number of hydrogen-bond donors (Lipinski definition) is 3. The Balaban J connectivity index is 0.00000345. The molecule has 1 aromatic rings. The summed E-state index contributed by atoms with van der Waals surface area (Å²) in [6, 6.07) is 7.54. The molecule has 1 saturated heterocycles. The van der Waals surface area contributed by atoms with Gasteiger partial charge in [-0.1, -0.05) is 99.8 Å². The monoisotopic (exact) mass is 644 g/mol. The SMILES string of the molecule is C=C/C=C\NC(=S)CC(=O)NC1CCN(CCCCC2(C(=O)NCC(F)(F)F)C=C(/C=C\C=C/C)c3ccccc32)CC1.CC. The van der Waals surface area contributed by atoms with Gasteiger partial charge in [0, 0.05) is 25.3 Å². The Morgan fingerprint density at radius 3 is 2.49 bits per heavy atom. The van der Waals surface area contributed by atoms with Crippen LogP contribution in [0, 0.1) is 0 Å². The van der Waals surface area contributed by atoms with Crippen molar-refractivity contribution in [3.05, 3.63) is 90.7 Å².